The molecule has 9 aromatic carbocycles. The number of aromatic nitrogens is 3. The van der Waals surface area contributed by atoms with Gasteiger partial charge in [-0.25, -0.2) is 0 Å². The number of nitrogens with zero attached hydrogens (tertiary/aromatic N) is 3. The molecule has 3 nitrogen and oxygen atoms in total. The van der Waals surface area contributed by atoms with E-state index in [9.17, 15) is 0 Å². The number of hydrogen-bond donors (Lipinski definition) is 0. The van der Waals surface area contributed by atoms with E-state index < -0.39 is 0 Å². The van der Waals surface area contributed by atoms with Gasteiger partial charge in [0.05, 0.1) is 33.1 Å². The van der Waals surface area contributed by atoms with Crippen molar-refractivity contribution in [1.82, 2.24) is 13.7 Å². The first-order chi connectivity index (χ1) is 28.8. The molecule has 0 fully saturated rings. The third-order valence-corrected chi connectivity index (χ3v) is 12.6. The van der Waals surface area contributed by atoms with Crippen LogP contribution in [0.5, 0.6) is 0 Å². The van der Waals surface area contributed by atoms with Gasteiger partial charge in [-0.15, -0.1) is 0 Å². The van der Waals surface area contributed by atoms with Crippen molar-refractivity contribution in [3.8, 4) is 39.3 Å². The Hall–Kier alpha value is -7.62. The fourth-order valence-corrected chi connectivity index (χ4v) is 10.1. The highest BCUT2D eigenvalue weighted by Gasteiger charge is 2.23. The summed E-state index contributed by atoms with van der Waals surface area (Å²) in [6, 6.07) is 74.1. The van der Waals surface area contributed by atoms with E-state index in [1.54, 1.807) is 0 Å². The smallest absolute Gasteiger partial charge is 0.0541 e. The van der Waals surface area contributed by atoms with Gasteiger partial charge in [0, 0.05) is 49.4 Å². The van der Waals surface area contributed by atoms with Gasteiger partial charge in [0.25, 0.3) is 0 Å². The molecule has 1 aliphatic rings. The minimum atomic E-state index is 0.937. The summed E-state index contributed by atoms with van der Waals surface area (Å²) in [4.78, 5) is 0. The lowest BCUT2D eigenvalue weighted by Crippen LogP contribution is -2.00. The number of rotatable bonds is 4. The van der Waals surface area contributed by atoms with Gasteiger partial charge < -0.3 is 13.7 Å². The highest BCUT2D eigenvalue weighted by Crippen LogP contribution is 2.43. The molecule has 0 saturated carbocycles. The lowest BCUT2D eigenvalue weighted by molar-refractivity contribution is 1.13. The summed E-state index contributed by atoms with van der Waals surface area (Å²) < 4.78 is 7.33. The molecule has 270 valence electrons. The molecule has 3 heteroatoms. The first kappa shape index (κ1) is 31.6. The van der Waals surface area contributed by atoms with Crippen LogP contribution in [0.3, 0.4) is 0 Å². The summed E-state index contributed by atoms with van der Waals surface area (Å²) in [5.41, 5.74) is 18.5. The van der Waals surface area contributed by atoms with Crippen LogP contribution >= 0.6 is 0 Å². The molecule has 0 bridgehead atoms. The second kappa shape index (κ2) is 11.9. The molecule has 0 saturated heterocycles. The van der Waals surface area contributed by atoms with Gasteiger partial charge in [-0.05, 0) is 113 Å². The third-order valence-electron chi connectivity index (χ3n) is 12.6. The van der Waals surface area contributed by atoms with Gasteiger partial charge in [0.15, 0.2) is 0 Å². The molecule has 3 aromatic heterocycles. The van der Waals surface area contributed by atoms with Crippen LogP contribution in [0.1, 0.15) is 11.1 Å². The summed E-state index contributed by atoms with van der Waals surface area (Å²) in [5.74, 6) is 0. The minimum Gasteiger partial charge on any atom is -0.309 e. The van der Waals surface area contributed by atoms with Crippen LogP contribution in [0, 0.1) is 0 Å². The monoisotopic (exact) mass is 737 g/mol. The van der Waals surface area contributed by atoms with Crippen molar-refractivity contribution >= 4 is 65.4 Å². The number of hydrogen-bond acceptors (Lipinski definition) is 0. The lowest BCUT2D eigenvalue weighted by atomic mass is 9.97. The van der Waals surface area contributed by atoms with Crippen LogP contribution in [0.15, 0.2) is 200 Å². The second-order valence-electron chi connectivity index (χ2n) is 15.7. The average molecular weight is 738 g/mol. The maximum absolute atomic E-state index is 2.45. The summed E-state index contributed by atoms with van der Waals surface area (Å²) in [7, 11) is 0. The van der Waals surface area contributed by atoms with Crippen LogP contribution in [-0.2, 0) is 6.42 Å². The van der Waals surface area contributed by atoms with Gasteiger partial charge >= 0.3 is 0 Å². The van der Waals surface area contributed by atoms with E-state index in [1.165, 1.54) is 104 Å². The molecular formula is C55H35N3. The quantitative estimate of drug-likeness (QED) is 0.171. The van der Waals surface area contributed by atoms with Crippen LogP contribution < -0.4 is 0 Å². The zero-order valence-electron chi connectivity index (χ0n) is 31.6. The number of para-hydroxylation sites is 6. The van der Waals surface area contributed by atoms with Crippen LogP contribution in [-0.4, -0.2) is 13.7 Å². The topological polar surface area (TPSA) is 14.8 Å². The summed E-state index contributed by atoms with van der Waals surface area (Å²) in [6.07, 6.45) is 0.937. The Bertz CT molecular complexity index is 3370. The van der Waals surface area contributed by atoms with E-state index in [0.717, 1.165) is 17.8 Å². The maximum atomic E-state index is 2.45. The predicted octanol–water partition coefficient (Wildman–Crippen LogP) is 14.2. The molecular weight excluding hydrogens is 703 g/mol. The SMILES string of the molecule is c1ccc2c(c1)c1ccccc1n2-c1cc(-c2ccc3c(c2)-c2cc(-n4c5ccccc5c5ccccc54)ccc2C3)cc(-n2c3ccccc3c3ccccc32)c1. The predicted molar refractivity (Wildman–Crippen MR) is 243 cm³/mol. The Labute approximate surface area is 334 Å². The first-order valence-electron chi connectivity index (χ1n) is 20.1. The van der Waals surface area contributed by atoms with E-state index in [1.807, 2.05) is 0 Å². The third kappa shape index (κ3) is 4.44. The van der Waals surface area contributed by atoms with Crippen molar-refractivity contribution in [1.29, 1.82) is 0 Å². The van der Waals surface area contributed by atoms with Gasteiger partial charge in [-0.1, -0.05) is 127 Å². The van der Waals surface area contributed by atoms with Crippen molar-refractivity contribution in [2.75, 3.05) is 0 Å². The van der Waals surface area contributed by atoms with E-state index in [-0.39, 0.29) is 0 Å². The van der Waals surface area contributed by atoms with Crippen LogP contribution in [0.4, 0.5) is 0 Å². The molecule has 0 N–H and O–H groups in total. The largest absolute Gasteiger partial charge is 0.309 e. The average Bonchev–Trinajstić information content (AvgIpc) is 4.02. The number of benzene rings is 9. The minimum absolute atomic E-state index is 0.937. The second-order valence-corrected chi connectivity index (χ2v) is 15.7. The maximum Gasteiger partial charge on any atom is 0.0541 e. The Balaban J connectivity index is 1.04. The van der Waals surface area contributed by atoms with E-state index >= 15 is 0 Å². The molecule has 0 atom stereocenters. The Morgan fingerprint density at radius 3 is 1.02 bits per heavy atom. The molecule has 0 spiro atoms. The summed E-state index contributed by atoms with van der Waals surface area (Å²) in [5, 5.41) is 7.60. The van der Waals surface area contributed by atoms with Crippen LogP contribution in [0.2, 0.25) is 0 Å². The molecule has 12 aromatic rings. The molecule has 13 rings (SSSR count). The Morgan fingerprint density at radius 1 is 0.259 bits per heavy atom. The molecule has 0 unspecified atom stereocenters. The Kier molecular flexibility index (Phi) is 6.50. The normalized spacial score (nSPS) is 12.4. The molecule has 58 heavy (non-hydrogen) atoms. The molecule has 0 radical (unpaired) electrons. The van der Waals surface area contributed by atoms with Crippen molar-refractivity contribution in [2.45, 2.75) is 6.42 Å². The highest BCUT2D eigenvalue weighted by molar-refractivity contribution is 6.11. The first-order valence-corrected chi connectivity index (χ1v) is 20.1. The van der Waals surface area contributed by atoms with Crippen molar-refractivity contribution < 1.29 is 0 Å². The fourth-order valence-electron chi connectivity index (χ4n) is 10.1. The van der Waals surface area contributed by atoms with Crippen molar-refractivity contribution in [3.05, 3.63) is 211 Å². The standard InChI is InChI=1S/C55H35N3/c1-7-19-50-42(13-1)43-14-2-8-20-51(43)56(50)39-28-27-37-29-36-26-25-35(32-48(36)49(37)34-39)38-30-40(57-52-21-9-3-15-44(52)45-16-4-10-22-53(45)57)33-41(31-38)58-54-23-11-5-17-46(54)47-18-6-12-24-55(47)58/h1-28,30-34H,29H2. The molecule has 3 heterocycles. The highest BCUT2D eigenvalue weighted by atomic mass is 15.0. The zero-order chi connectivity index (χ0) is 37.9. The van der Waals surface area contributed by atoms with Crippen molar-refractivity contribution in [2.24, 2.45) is 0 Å². The van der Waals surface area contributed by atoms with Crippen molar-refractivity contribution in [3.63, 3.8) is 0 Å². The zero-order valence-corrected chi connectivity index (χ0v) is 31.6. The van der Waals surface area contributed by atoms with E-state index in [2.05, 4.69) is 214 Å². The molecule has 0 amide bonds. The van der Waals surface area contributed by atoms with Crippen LogP contribution in [0.25, 0.3) is 105 Å². The van der Waals surface area contributed by atoms with E-state index in [0.29, 0.717) is 0 Å². The molecule has 1 aliphatic carbocycles. The van der Waals surface area contributed by atoms with Gasteiger partial charge in [0.2, 0.25) is 0 Å². The van der Waals surface area contributed by atoms with E-state index in [4.69, 9.17) is 0 Å². The van der Waals surface area contributed by atoms with Gasteiger partial charge in [0.1, 0.15) is 0 Å². The lowest BCUT2D eigenvalue weighted by Gasteiger charge is -2.16. The molecule has 0 aliphatic heterocycles. The Morgan fingerprint density at radius 2 is 0.603 bits per heavy atom. The number of fused-ring (bicyclic) bond motifs is 12. The summed E-state index contributed by atoms with van der Waals surface area (Å²) >= 11 is 0. The fraction of sp³-hybridized carbons (Fsp3) is 0.0182. The summed E-state index contributed by atoms with van der Waals surface area (Å²) in [6.45, 7) is 0. The van der Waals surface area contributed by atoms with Gasteiger partial charge in [-0.2, -0.15) is 0 Å². The van der Waals surface area contributed by atoms with Gasteiger partial charge in [-0.3, -0.25) is 0 Å².